The van der Waals surface area contributed by atoms with Gasteiger partial charge in [-0.25, -0.2) is 0 Å². The average Bonchev–Trinajstić information content (AvgIpc) is 2.49. The van der Waals surface area contributed by atoms with Crippen molar-refractivity contribution in [3.05, 3.63) is 28.2 Å². The van der Waals surface area contributed by atoms with E-state index in [1.165, 1.54) is 17.9 Å². The summed E-state index contributed by atoms with van der Waals surface area (Å²) in [6.07, 6.45) is 3.72. The van der Waals surface area contributed by atoms with Gasteiger partial charge in [0.2, 0.25) is 0 Å². The standard InChI is InChI=1S/C17H23BrO2S2/c1-12(2)5-3-6-16(19)20-15-8-7-13(18)11-14(15)17-21-9-4-10-22-17/h7-8,11-12,17H,3-6,9-10H2,1-2H3. The third kappa shape index (κ3) is 5.82. The monoisotopic (exact) mass is 402 g/mol. The predicted octanol–water partition coefficient (Wildman–Crippen LogP) is 6.05. The summed E-state index contributed by atoms with van der Waals surface area (Å²) in [5, 5.41) is 0. The van der Waals surface area contributed by atoms with E-state index in [4.69, 9.17) is 4.74 Å². The molecule has 0 spiro atoms. The summed E-state index contributed by atoms with van der Waals surface area (Å²) in [5.74, 6) is 3.59. The van der Waals surface area contributed by atoms with Gasteiger partial charge in [0.25, 0.3) is 0 Å². The minimum atomic E-state index is -0.116. The van der Waals surface area contributed by atoms with Crippen LogP contribution in [-0.2, 0) is 4.79 Å². The van der Waals surface area contributed by atoms with Crippen molar-refractivity contribution in [3.8, 4) is 5.75 Å². The molecule has 0 atom stereocenters. The lowest BCUT2D eigenvalue weighted by atomic mass is 10.1. The Morgan fingerprint density at radius 1 is 1.36 bits per heavy atom. The van der Waals surface area contributed by atoms with Crippen molar-refractivity contribution >= 4 is 45.4 Å². The molecular formula is C17H23BrO2S2. The number of carbonyl (C=O) groups is 1. The molecule has 1 aliphatic rings. The third-order valence-electron chi connectivity index (χ3n) is 3.44. The van der Waals surface area contributed by atoms with Crippen LogP contribution in [0.2, 0.25) is 0 Å². The lowest BCUT2D eigenvalue weighted by Gasteiger charge is -2.23. The maximum Gasteiger partial charge on any atom is 0.311 e. The van der Waals surface area contributed by atoms with Gasteiger partial charge in [-0.15, -0.1) is 23.5 Å². The first-order chi connectivity index (χ1) is 10.6. The Labute approximate surface area is 150 Å². The van der Waals surface area contributed by atoms with Crippen LogP contribution in [0.4, 0.5) is 0 Å². The molecule has 1 saturated heterocycles. The Morgan fingerprint density at radius 2 is 2.09 bits per heavy atom. The van der Waals surface area contributed by atoms with Crippen LogP contribution in [0.1, 0.15) is 49.7 Å². The topological polar surface area (TPSA) is 26.3 Å². The zero-order valence-electron chi connectivity index (χ0n) is 13.1. The van der Waals surface area contributed by atoms with Gasteiger partial charge in [-0.05, 0) is 48.5 Å². The zero-order chi connectivity index (χ0) is 15.9. The van der Waals surface area contributed by atoms with Crippen LogP contribution in [0.25, 0.3) is 0 Å². The van der Waals surface area contributed by atoms with Gasteiger partial charge in [0.05, 0.1) is 4.58 Å². The second-order valence-electron chi connectivity index (χ2n) is 5.87. The van der Waals surface area contributed by atoms with Crippen LogP contribution in [0.5, 0.6) is 5.75 Å². The molecule has 1 fully saturated rings. The van der Waals surface area contributed by atoms with Gasteiger partial charge in [0.1, 0.15) is 5.75 Å². The van der Waals surface area contributed by atoms with Gasteiger partial charge in [-0.1, -0.05) is 36.2 Å². The number of hydrogen-bond acceptors (Lipinski definition) is 4. The molecule has 122 valence electrons. The molecule has 2 rings (SSSR count). The molecule has 0 saturated carbocycles. The summed E-state index contributed by atoms with van der Waals surface area (Å²) >= 11 is 7.41. The smallest absolute Gasteiger partial charge is 0.311 e. The van der Waals surface area contributed by atoms with E-state index >= 15 is 0 Å². The molecule has 1 aromatic rings. The molecule has 0 aromatic heterocycles. The normalized spacial score (nSPS) is 16.0. The molecule has 0 amide bonds. The molecule has 22 heavy (non-hydrogen) atoms. The highest BCUT2D eigenvalue weighted by atomic mass is 79.9. The fourth-order valence-electron chi connectivity index (χ4n) is 2.29. The first-order valence-corrected chi connectivity index (χ1v) is 10.7. The fraction of sp³-hybridized carbons (Fsp3) is 0.588. The summed E-state index contributed by atoms with van der Waals surface area (Å²) in [6.45, 7) is 4.35. The molecule has 2 nitrogen and oxygen atoms in total. The SMILES string of the molecule is CC(C)CCCC(=O)Oc1ccc(Br)cc1C1SCCCS1. The Kier molecular flexibility index (Phi) is 7.65. The number of rotatable bonds is 6. The summed E-state index contributed by atoms with van der Waals surface area (Å²) < 4.78 is 7.05. The molecule has 1 aromatic carbocycles. The van der Waals surface area contributed by atoms with E-state index < -0.39 is 0 Å². The maximum atomic E-state index is 12.1. The fourth-order valence-corrected chi connectivity index (χ4v) is 5.59. The minimum Gasteiger partial charge on any atom is -0.426 e. The van der Waals surface area contributed by atoms with Gasteiger partial charge in [-0.3, -0.25) is 4.79 Å². The largest absolute Gasteiger partial charge is 0.426 e. The van der Waals surface area contributed by atoms with E-state index in [9.17, 15) is 4.79 Å². The quantitative estimate of drug-likeness (QED) is 0.427. The van der Waals surface area contributed by atoms with Crippen molar-refractivity contribution in [1.29, 1.82) is 0 Å². The highest BCUT2D eigenvalue weighted by Gasteiger charge is 2.22. The highest BCUT2D eigenvalue weighted by Crippen LogP contribution is 2.47. The van der Waals surface area contributed by atoms with Crippen molar-refractivity contribution in [1.82, 2.24) is 0 Å². The van der Waals surface area contributed by atoms with Crippen molar-refractivity contribution in [2.75, 3.05) is 11.5 Å². The average molecular weight is 403 g/mol. The lowest BCUT2D eigenvalue weighted by Crippen LogP contribution is -2.11. The van der Waals surface area contributed by atoms with Gasteiger partial charge in [0, 0.05) is 16.5 Å². The van der Waals surface area contributed by atoms with E-state index in [1.54, 1.807) is 0 Å². The van der Waals surface area contributed by atoms with Gasteiger partial charge >= 0.3 is 5.97 Å². The van der Waals surface area contributed by atoms with Crippen LogP contribution in [0, 0.1) is 5.92 Å². The van der Waals surface area contributed by atoms with E-state index in [0.29, 0.717) is 16.9 Å². The molecule has 0 aliphatic carbocycles. The van der Waals surface area contributed by atoms with Crippen molar-refractivity contribution < 1.29 is 9.53 Å². The summed E-state index contributed by atoms with van der Waals surface area (Å²) in [5.41, 5.74) is 1.13. The number of halogens is 1. The van der Waals surface area contributed by atoms with Crippen molar-refractivity contribution in [2.24, 2.45) is 5.92 Å². The Balaban J connectivity index is 2.01. The molecule has 1 aliphatic heterocycles. The van der Waals surface area contributed by atoms with Gasteiger partial charge < -0.3 is 4.74 Å². The molecule has 0 bridgehead atoms. The number of carbonyl (C=O) groups excluding carboxylic acids is 1. The second kappa shape index (κ2) is 9.24. The van der Waals surface area contributed by atoms with Crippen LogP contribution >= 0.6 is 39.5 Å². The number of benzene rings is 1. The second-order valence-corrected chi connectivity index (χ2v) is 9.51. The molecular weight excluding hydrogens is 380 g/mol. The van der Waals surface area contributed by atoms with E-state index in [1.807, 2.05) is 35.7 Å². The molecule has 0 unspecified atom stereocenters. The zero-order valence-corrected chi connectivity index (χ0v) is 16.4. The summed E-state index contributed by atoms with van der Waals surface area (Å²) in [7, 11) is 0. The first kappa shape index (κ1) is 18.2. The van der Waals surface area contributed by atoms with E-state index in [0.717, 1.165) is 28.6 Å². The van der Waals surface area contributed by atoms with Crippen molar-refractivity contribution in [3.63, 3.8) is 0 Å². The Bertz CT molecular complexity index is 499. The molecule has 1 heterocycles. The lowest BCUT2D eigenvalue weighted by molar-refractivity contribution is -0.134. The summed E-state index contributed by atoms with van der Waals surface area (Å²) in [6, 6.07) is 5.95. The van der Waals surface area contributed by atoms with Crippen LogP contribution in [-0.4, -0.2) is 17.5 Å². The Morgan fingerprint density at radius 3 is 2.77 bits per heavy atom. The maximum absolute atomic E-state index is 12.1. The van der Waals surface area contributed by atoms with Crippen LogP contribution in [0.15, 0.2) is 22.7 Å². The van der Waals surface area contributed by atoms with Crippen LogP contribution < -0.4 is 4.74 Å². The van der Waals surface area contributed by atoms with E-state index in [-0.39, 0.29) is 5.97 Å². The molecule has 0 N–H and O–H groups in total. The number of thioether (sulfide) groups is 2. The number of esters is 1. The van der Waals surface area contributed by atoms with Crippen molar-refractivity contribution in [2.45, 2.75) is 44.1 Å². The predicted molar refractivity (Wildman–Crippen MR) is 101 cm³/mol. The minimum absolute atomic E-state index is 0.116. The third-order valence-corrected chi connectivity index (χ3v) is 6.91. The number of hydrogen-bond donors (Lipinski definition) is 0. The molecule has 5 heteroatoms. The number of ether oxygens (including phenoxy) is 1. The summed E-state index contributed by atoms with van der Waals surface area (Å²) in [4.78, 5) is 12.1. The Hall–Kier alpha value is -0.130. The van der Waals surface area contributed by atoms with Gasteiger partial charge in [0.15, 0.2) is 0 Å². The van der Waals surface area contributed by atoms with Crippen LogP contribution in [0.3, 0.4) is 0 Å². The molecule has 0 radical (unpaired) electrons. The first-order valence-electron chi connectivity index (χ1n) is 7.79. The highest BCUT2D eigenvalue weighted by molar-refractivity contribution is 9.10. The van der Waals surface area contributed by atoms with E-state index in [2.05, 4.69) is 35.8 Å². The van der Waals surface area contributed by atoms with Gasteiger partial charge in [-0.2, -0.15) is 0 Å².